The molecule has 0 aromatic carbocycles. The van der Waals surface area contributed by atoms with Crippen LogP contribution in [0.3, 0.4) is 0 Å². The van der Waals surface area contributed by atoms with Gasteiger partial charge in [0.05, 0.1) is 0 Å². The number of piperidine rings is 1. The third kappa shape index (κ3) is 4.20. The van der Waals surface area contributed by atoms with Crippen LogP contribution in [0.4, 0.5) is 0 Å². The molecule has 0 radical (unpaired) electrons. The fourth-order valence-electron chi connectivity index (χ4n) is 2.75. The van der Waals surface area contributed by atoms with E-state index in [0.717, 1.165) is 19.4 Å². The summed E-state index contributed by atoms with van der Waals surface area (Å²) in [6.07, 6.45) is 2.05. The molecule has 1 fully saturated rings. The Morgan fingerprint density at radius 1 is 1.42 bits per heavy atom. The van der Waals surface area contributed by atoms with Gasteiger partial charge in [-0.05, 0) is 37.8 Å². The van der Waals surface area contributed by atoms with Crippen molar-refractivity contribution in [2.24, 2.45) is 17.3 Å². The minimum absolute atomic E-state index is 0.235. The van der Waals surface area contributed by atoms with E-state index in [1.165, 1.54) is 0 Å². The summed E-state index contributed by atoms with van der Waals surface area (Å²) in [6.45, 7) is 7.63. The average Bonchev–Trinajstić information content (AvgIpc) is 2.27. The van der Waals surface area contributed by atoms with Gasteiger partial charge in [-0.15, -0.1) is 0 Å². The zero-order valence-electron chi connectivity index (χ0n) is 12.4. The minimum atomic E-state index is -1.02. The van der Waals surface area contributed by atoms with Crippen molar-refractivity contribution in [1.82, 2.24) is 10.2 Å². The molecule has 19 heavy (non-hydrogen) atoms. The number of carboxylic acid groups (broad SMARTS) is 1. The summed E-state index contributed by atoms with van der Waals surface area (Å²) in [6, 6.07) is 0. The van der Waals surface area contributed by atoms with Crippen LogP contribution in [0, 0.1) is 17.3 Å². The number of hydrogen-bond donors (Lipinski definition) is 2. The molecule has 1 saturated heterocycles. The molecule has 1 aliphatic heterocycles. The maximum absolute atomic E-state index is 12.5. The van der Waals surface area contributed by atoms with Gasteiger partial charge in [0.15, 0.2) is 0 Å². The molecule has 2 atom stereocenters. The van der Waals surface area contributed by atoms with Crippen LogP contribution in [0.2, 0.25) is 0 Å². The van der Waals surface area contributed by atoms with Crippen LogP contribution < -0.4 is 5.32 Å². The SMILES string of the molecule is CNCC1CCCN(C(=O)C(C(=O)O)C(C)(C)C)C1. The lowest BCUT2D eigenvalue weighted by atomic mass is 9.79. The van der Waals surface area contributed by atoms with Gasteiger partial charge in [-0.2, -0.15) is 0 Å². The third-order valence-electron chi connectivity index (χ3n) is 3.68. The van der Waals surface area contributed by atoms with Crippen LogP contribution in [-0.2, 0) is 9.59 Å². The Morgan fingerprint density at radius 2 is 2.05 bits per heavy atom. The molecular weight excluding hydrogens is 244 g/mol. The lowest BCUT2D eigenvalue weighted by Gasteiger charge is -2.37. The summed E-state index contributed by atoms with van der Waals surface area (Å²) in [4.78, 5) is 25.6. The number of nitrogens with one attached hydrogen (secondary N) is 1. The van der Waals surface area contributed by atoms with Gasteiger partial charge in [-0.3, -0.25) is 9.59 Å². The number of aliphatic carboxylic acids is 1. The fourth-order valence-corrected chi connectivity index (χ4v) is 2.75. The van der Waals surface area contributed by atoms with Crippen molar-refractivity contribution < 1.29 is 14.7 Å². The summed E-state index contributed by atoms with van der Waals surface area (Å²) < 4.78 is 0. The van der Waals surface area contributed by atoms with Crippen LogP contribution in [-0.4, -0.2) is 48.6 Å². The van der Waals surface area contributed by atoms with Crippen LogP contribution in [0.1, 0.15) is 33.6 Å². The molecule has 5 heteroatoms. The first-order valence-electron chi connectivity index (χ1n) is 6.93. The summed E-state index contributed by atoms with van der Waals surface area (Å²) in [5, 5.41) is 12.4. The number of rotatable bonds is 4. The Balaban J connectivity index is 2.77. The lowest BCUT2D eigenvalue weighted by molar-refractivity contribution is -0.157. The highest BCUT2D eigenvalue weighted by atomic mass is 16.4. The Labute approximate surface area is 115 Å². The van der Waals surface area contributed by atoms with Gasteiger partial charge in [0.1, 0.15) is 5.92 Å². The molecule has 5 nitrogen and oxygen atoms in total. The molecule has 110 valence electrons. The highest BCUT2D eigenvalue weighted by Gasteiger charge is 2.41. The molecule has 0 aliphatic carbocycles. The van der Waals surface area contributed by atoms with Crippen molar-refractivity contribution in [2.45, 2.75) is 33.6 Å². The number of hydrogen-bond acceptors (Lipinski definition) is 3. The Morgan fingerprint density at radius 3 is 2.53 bits per heavy atom. The highest BCUT2D eigenvalue weighted by molar-refractivity contribution is 5.97. The van der Waals surface area contributed by atoms with Gasteiger partial charge in [0, 0.05) is 13.1 Å². The van der Waals surface area contributed by atoms with Gasteiger partial charge in [0.2, 0.25) is 5.91 Å². The van der Waals surface area contributed by atoms with Crippen molar-refractivity contribution >= 4 is 11.9 Å². The summed E-state index contributed by atoms with van der Waals surface area (Å²) in [5.74, 6) is -1.79. The number of carboxylic acids is 1. The van der Waals surface area contributed by atoms with Gasteiger partial charge in [-0.25, -0.2) is 0 Å². The third-order valence-corrected chi connectivity index (χ3v) is 3.68. The largest absolute Gasteiger partial charge is 0.481 e. The maximum Gasteiger partial charge on any atom is 0.316 e. The monoisotopic (exact) mass is 270 g/mol. The normalized spacial score (nSPS) is 22.1. The molecule has 1 aliphatic rings. The second kappa shape index (κ2) is 6.37. The first-order valence-corrected chi connectivity index (χ1v) is 6.93. The smallest absolute Gasteiger partial charge is 0.316 e. The molecule has 1 rings (SSSR count). The van der Waals surface area contributed by atoms with E-state index in [2.05, 4.69) is 5.32 Å². The quantitative estimate of drug-likeness (QED) is 0.753. The van der Waals surface area contributed by atoms with Crippen molar-refractivity contribution in [3.63, 3.8) is 0 Å². The van der Waals surface area contributed by atoms with Crippen molar-refractivity contribution in [3.8, 4) is 0 Å². The summed E-state index contributed by atoms with van der Waals surface area (Å²) in [5.41, 5.74) is -0.557. The standard InChI is InChI=1S/C14H26N2O3/c1-14(2,3)11(13(18)19)12(17)16-7-5-6-10(9-16)8-15-4/h10-11,15H,5-9H2,1-4H3,(H,18,19). The highest BCUT2D eigenvalue weighted by Crippen LogP contribution is 2.29. The molecule has 0 saturated carbocycles. The molecule has 0 spiro atoms. The summed E-state index contributed by atoms with van der Waals surface area (Å²) >= 11 is 0. The number of carbonyl (C=O) groups excluding carboxylic acids is 1. The van der Waals surface area contributed by atoms with Crippen LogP contribution in [0.25, 0.3) is 0 Å². The lowest BCUT2D eigenvalue weighted by Crippen LogP contribution is -2.49. The predicted octanol–water partition coefficient (Wildman–Crippen LogP) is 1.19. The van der Waals surface area contributed by atoms with E-state index in [0.29, 0.717) is 19.0 Å². The molecule has 1 amide bonds. The van der Waals surface area contributed by atoms with Gasteiger partial charge < -0.3 is 15.3 Å². The number of nitrogens with zero attached hydrogens (tertiary/aromatic N) is 1. The molecule has 0 aromatic heterocycles. The Kier molecular flexibility index (Phi) is 5.35. The van der Waals surface area contributed by atoms with Crippen molar-refractivity contribution in [3.05, 3.63) is 0 Å². The topological polar surface area (TPSA) is 69.6 Å². The van der Waals surface area contributed by atoms with E-state index in [1.807, 2.05) is 7.05 Å². The summed E-state index contributed by atoms with van der Waals surface area (Å²) in [7, 11) is 1.90. The molecular formula is C14H26N2O3. The van der Waals surface area contributed by atoms with E-state index >= 15 is 0 Å². The second-order valence-corrected chi connectivity index (χ2v) is 6.49. The fraction of sp³-hybridized carbons (Fsp3) is 0.857. The zero-order valence-corrected chi connectivity index (χ0v) is 12.4. The first kappa shape index (κ1) is 16.0. The number of likely N-dealkylation sites (tertiary alicyclic amines) is 1. The molecule has 0 aromatic rings. The number of amides is 1. The Hall–Kier alpha value is -1.10. The van der Waals surface area contributed by atoms with Crippen molar-refractivity contribution in [2.75, 3.05) is 26.7 Å². The van der Waals surface area contributed by atoms with E-state index < -0.39 is 17.3 Å². The van der Waals surface area contributed by atoms with Gasteiger partial charge in [0.25, 0.3) is 0 Å². The first-order chi connectivity index (χ1) is 8.77. The van der Waals surface area contributed by atoms with Gasteiger partial charge in [-0.1, -0.05) is 20.8 Å². The average molecular weight is 270 g/mol. The van der Waals surface area contributed by atoms with Crippen LogP contribution in [0.5, 0.6) is 0 Å². The van der Waals surface area contributed by atoms with E-state index in [-0.39, 0.29) is 5.91 Å². The molecule has 2 unspecified atom stereocenters. The zero-order chi connectivity index (χ0) is 14.6. The number of carbonyl (C=O) groups is 2. The van der Waals surface area contributed by atoms with E-state index in [4.69, 9.17) is 0 Å². The maximum atomic E-state index is 12.5. The van der Waals surface area contributed by atoms with Crippen LogP contribution in [0.15, 0.2) is 0 Å². The van der Waals surface area contributed by atoms with Crippen LogP contribution >= 0.6 is 0 Å². The van der Waals surface area contributed by atoms with Crippen molar-refractivity contribution in [1.29, 1.82) is 0 Å². The predicted molar refractivity (Wildman–Crippen MR) is 73.8 cm³/mol. The van der Waals surface area contributed by atoms with E-state index in [1.54, 1.807) is 25.7 Å². The minimum Gasteiger partial charge on any atom is -0.481 e. The second-order valence-electron chi connectivity index (χ2n) is 6.49. The van der Waals surface area contributed by atoms with Gasteiger partial charge >= 0.3 is 5.97 Å². The molecule has 0 bridgehead atoms. The molecule has 2 N–H and O–H groups in total. The molecule has 1 heterocycles. The Bertz CT molecular complexity index is 334. The van der Waals surface area contributed by atoms with E-state index in [9.17, 15) is 14.7 Å².